The van der Waals surface area contributed by atoms with E-state index in [1.807, 2.05) is 24.3 Å². The topological polar surface area (TPSA) is 45.2 Å². The lowest BCUT2D eigenvalue weighted by atomic mass is 10.2. The Balaban J connectivity index is 1.68. The average molecular weight is 412 g/mol. The molecule has 0 saturated heterocycles. The van der Waals surface area contributed by atoms with Crippen molar-refractivity contribution in [1.82, 2.24) is 9.88 Å². The lowest BCUT2D eigenvalue weighted by molar-refractivity contribution is 0.0728. The second-order valence-corrected chi connectivity index (χ2v) is 6.97. The molecule has 2 aromatic carbocycles. The Morgan fingerprint density at radius 1 is 1.12 bits per heavy atom. The molecule has 3 aromatic rings. The molecule has 1 aliphatic heterocycles. The molecule has 130 valence electrons. The predicted octanol–water partition coefficient (Wildman–Crippen LogP) is 4.75. The van der Waals surface area contributed by atoms with Gasteiger partial charge < -0.3 is 10.2 Å². The summed E-state index contributed by atoms with van der Waals surface area (Å²) < 4.78 is 14.1. The third-order valence-electron chi connectivity index (χ3n) is 4.29. The number of fused-ring (bicyclic) bond motifs is 1. The monoisotopic (exact) mass is 411 g/mol. The van der Waals surface area contributed by atoms with Crippen molar-refractivity contribution in [2.75, 3.05) is 5.32 Å². The van der Waals surface area contributed by atoms with E-state index in [4.69, 9.17) is 0 Å². The zero-order chi connectivity index (χ0) is 18.1. The summed E-state index contributed by atoms with van der Waals surface area (Å²) in [6.07, 6.45) is 1.29. The maximum absolute atomic E-state index is 13.2. The normalized spacial score (nSPS) is 15.8. The first kappa shape index (κ1) is 16.7. The smallest absolute Gasteiger partial charge is 0.258 e. The van der Waals surface area contributed by atoms with Crippen LogP contribution in [0.2, 0.25) is 0 Å². The summed E-state index contributed by atoms with van der Waals surface area (Å²) in [4.78, 5) is 19.0. The molecule has 26 heavy (non-hydrogen) atoms. The number of hydrogen-bond donors (Lipinski definition) is 1. The van der Waals surface area contributed by atoms with Gasteiger partial charge in [-0.05, 0) is 48.0 Å². The van der Waals surface area contributed by atoms with Crippen LogP contribution in [0.15, 0.2) is 71.3 Å². The van der Waals surface area contributed by atoms with Crippen LogP contribution in [0, 0.1) is 5.82 Å². The number of amides is 1. The van der Waals surface area contributed by atoms with E-state index in [2.05, 4.69) is 26.2 Å². The fraction of sp³-hybridized carbons (Fsp3) is 0.100. The largest absolute Gasteiger partial charge is 0.360 e. The molecule has 4 rings (SSSR count). The zero-order valence-electron chi connectivity index (χ0n) is 13.7. The molecule has 4 nitrogen and oxygen atoms in total. The van der Waals surface area contributed by atoms with Gasteiger partial charge in [-0.1, -0.05) is 34.1 Å². The van der Waals surface area contributed by atoms with Gasteiger partial charge in [0, 0.05) is 22.9 Å². The second kappa shape index (κ2) is 6.88. The second-order valence-electron chi connectivity index (χ2n) is 6.05. The Labute approximate surface area is 158 Å². The first-order valence-corrected chi connectivity index (χ1v) is 8.93. The van der Waals surface area contributed by atoms with Crippen molar-refractivity contribution in [3.63, 3.8) is 0 Å². The molecule has 0 saturated carbocycles. The Kier molecular flexibility index (Phi) is 4.42. The highest BCUT2D eigenvalue weighted by atomic mass is 79.9. The number of hydrogen-bond acceptors (Lipinski definition) is 3. The summed E-state index contributed by atoms with van der Waals surface area (Å²) in [6, 6.07) is 17.5. The fourth-order valence-corrected chi connectivity index (χ4v) is 3.47. The van der Waals surface area contributed by atoms with Crippen molar-refractivity contribution < 1.29 is 9.18 Å². The minimum atomic E-state index is -0.391. The van der Waals surface area contributed by atoms with Crippen LogP contribution in [-0.2, 0) is 6.54 Å². The molecule has 6 heteroatoms. The van der Waals surface area contributed by atoms with Gasteiger partial charge in [0.2, 0.25) is 0 Å². The number of benzene rings is 2. The molecule has 1 amide bonds. The quantitative estimate of drug-likeness (QED) is 0.673. The van der Waals surface area contributed by atoms with Crippen LogP contribution in [0.3, 0.4) is 0 Å². The van der Waals surface area contributed by atoms with Crippen LogP contribution in [0.1, 0.15) is 27.8 Å². The molecular weight excluding hydrogens is 397 g/mol. The standard InChI is InChI=1S/C20H15BrFN3O/c21-14-3-1-4-16(11-14)24-19-18-17(5-2-10-23-18)20(26)25(19)12-13-6-8-15(22)9-7-13/h1-11,19,24H,12H2/t19-/m0/s1. The molecule has 0 bridgehead atoms. The number of nitrogens with zero attached hydrogens (tertiary/aromatic N) is 2. The molecule has 1 N–H and O–H groups in total. The molecule has 0 unspecified atom stereocenters. The summed E-state index contributed by atoms with van der Waals surface area (Å²) in [5.41, 5.74) is 3.01. The summed E-state index contributed by atoms with van der Waals surface area (Å²) in [5.74, 6) is -0.389. The Morgan fingerprint density at radius 3 is 2.69 bits per heavy atom. The van der Waals surface area contributed by atoms with Crippen molar-refractivity contribution in [1.29, 1.82) is 0 Å². The highest BCUT2D eigenvalue weighted by Crippen LogP contribution is 2.34. The molecule has 0 spiro atoms. The van der Waals surface area contributed by atoms with Crippen molar-refractivity contribution in [3.8, 4) is 0 Å². The highest BCUT2D eigenvalue weighted by Gasteiger charge is 2.37. The molecule has 1 atom stereocenters. The minimum Gasteiger partial charge on any atom is -0.360 e. The van der Waals surface area contributed by atoms with Crippen molar-refractivity contribution >= 4 is 27.5 Å². The highest BCUT2D eigenvalue weighted by molar-refractivity contribution is 9.10. The number of nitrogens with one attached hydrogen (secondary N) is 1. The minimum absolute atomic E-state index is 0.0927. The molecule has 0 fully saturated rings. The van der Waals surface area contributed by atoms with E-state index in [1.54, 1.807) is 35.4 Å². The van der Waals surface area contributed by atoms with E-state index >= 15 is 0 Å². The SMILES string of the molecule is O=C1c2cccnc2[C@@H](Nc2cccc(Br)c2)N1Cc1ccc(F)cc1. The van der Waals surface area contributed by atoms with Crippen LogP contribution in [0.4, 0.5) is 10.1 Å². The number of anilines is 1. The summed E-state index contributed by atoms with van der Waals surface area (Å²) in [7, 11) is 0. The maximum Gasteiger partial charge on any atom is 0.258 e. The van der Waals surface area contributed by atoms with E-state index in [-0.39, 0.29) is 11.7 Å². The molecule has 1 aromatic heterocycles. The van der Waals surface area contributed by atoms with Crippen LogP contribution in [-0.4, -0.2) is 15.8 Å². The van der Waals surface area contributed by atoms with Gasteiger partial charge in [-0.25, -0.2) is 4.39 Å². The van der Waals surface area contributed by atoms with Gasteiger partial charge >= 0.3 is 0 Å². The van der Waals surface area contributed by atoms with E-state index in [1.165, 1.54) is 12.1 Å². The van der Waals surface area contributed by atoms with Gasteiger partial charge in [-0.2, -0.15) is 0 Å². The van der Waals surface area contributed by atoms with E-state index in [0.717, 1.165) is 15.7 Å². The molecule has 0 aliphatic carbocycles. The van der Waals surface area contributed by atoms with Crippen LogP contribution < -0.4 is 5.32 Å². The van der Waals surface area contributed by atoms with Crippen molar-refractivity contribution in [2.45, 2.75) is 12.7 Å². The van der Waals surface area contributed by atoms with Crippen LogP contribution in [0.5, 0.6) is 0 Å². The van der Waals surface area contributed by atoms with Gasteiger partial charge in [0.25, 0.3) is 5.91 Å². The Hall–Kier alpha value is -2.73. The van der Waals surface area contributed by atoms with Gasteiger partial charge in [0.15, 0.2) is 0 Å². The maximum atomic E-state index is 13.2. The first-order chi connectivity index (χ1) is 12.6. The molecule has 2 heterocycles. The number of rotatable bonds is 4. The molecule has 1 aliphatic rings. The van der Waals surface area contributed by atoms with Crippen molar-refractivity contribution in [3.05, 3.63) is 94.0 Å². The van der Waals surface area contributed by atoms with Crippen LogP contribution in [0.25, 0.3) is 0 Å². The van der Waals surface area contributed by atoms with E-state index in [9.17, 15) is 9.18 Å². The lowest BCUT2D eigenvalue weighted by Gasteiger charge is -2.26. The lowest BCUT2D eigenvalue weighted by Crippen LogP contribution is -2.32. The summed E-state index contributed by atoms with van der Waals surface area (Å²) >= 11 is 3.46. The third-order valence-corrected chi connectivity index (χ3v) is 4.79. The predicted molar refractivity (Wildman–Crippen MR) is 101 cm³/mol. The summed E-state index contributed by atoms with van der Waals surface area (Å²) in [5, 5.41) is 3.39. The third kappa shape index (κ3) is 3.20. The van der Waals surface area contributed by atoms with Gasteiger partial charge in [0.05, 0.1) is 11.3 Å². The van der Waals surface area contributed by atoms with Gasteiger partial charge in [-0.3, -0.25) is 9.78 Å². The fourth-order valence-electron chi connectivity index (χ4n) is 3.07. The Morgan fingerprint density at radius 2 is 1.92 bits per heavy atom. The number of carbonyl (C=O) groups excluding carboxylic acids is 1. The van der Waals surface area contributed by atoms with Crippen LogP contribution >= 0.6 is 15.9 Å². The average Bonchev–Trinajstić information content (AvgIpc) is 2.90. The van der Waals surface area contributed by atoms with Crippen molar-refractivity contribution in [2.24, 2.45) is 0 Å². The van der Waals surface area contributed by atoms with Gasteiger partial charge in [0.1, 0.15) is 12.0 Å². The summed E-state index contributed by atoms with van der Waals surface area (Å²) in [6.45, 7) is 0.362. The number of aromatic nitrogens is 1. The number of carbonyl (C=O) groups is 1. The Bertz CT molecular complexity index is 961. The number of pyridine rings is 1. The molecular formula is C20H15BrFN3O. The zero-order valence-corrected chi connectivity index (χ0v) is 15.3. The first-order valence-electron chi connectivity index (χ1n) is 8.14. The molecule has 0 radical (unpaired) electrons. The van der Waals surface area contributed by atoms with E-state index in [0.29, 0.717) is 17.8 Å². The number of halogens is 2. The van der Waals surface area contributed by atoms with E-state index < -0.39 is 6.17 Å². The van der Waals surface area contributed by atoms with Gasteiger partial charge in [-0.15, -0.1) is 0 Å².